The Bertz CT molecular complexity index is 1670. The van der Waals surface area contributed by atoms with E-state index in [-0.39, 0.29) is 22.3 Å². The van der Waals surface area contributed by atoms with Crippen molar-refractivity contribution in [2.75, 3.05) is 26.8 Å². The second-order valence-corrected chi connectivity index (χ2v) is 12.8. The van der Waals surface area contributed by atoms with Crippen molar-refractivity contribution >= 4 is 34.4 Å². The van der Waals surface area contributed by atoms with Crippen LogP contribution < -0.4 is 9.47 Å². The Hall–Kier alpha value is -4.26. The number of aromatic nitrogens is 2. The van der Waals surface area contributed by atoms with Crippen molar-refractivity contribution in [3.63, 3.8) is 0 Å². The van der Waals surface area contributed by atoms with E-state index in [4.69, 9.17) is 18.9 Å². The first kappa shape index (κ1) is 32.1. The molecule has 0 atom stereocenters. The van der Waals surface area contributed by atoms with Gasteiger partial charge in [-0.2, -0.15) is 13.2 Å². The molecule has 0 spiro atoms. The number of hydrogen-bond acceptors (Lipinski definition) is 8. The van der Waals surface area contributed by atoms with Crippen molar-refractivity contribution in [2.45, 2.75) is 52.0 Å². The van der Waals surface area contributed by atoms with Crippen molar-refractivity contribution in [3.05, 3.63) is 64.5 Å². The van der Waals surface area contributed by atoms with E-state index in [1.807, 2.05) is 39.0 Å². The van der Waals surface area contributed by atoms with E-state index < -0.39 is 29.9 Å². The van der Waals surface area contributed by atoms with Crippen LogP contribution in [0.4, 0.5) is 18.0 Å². The largest absolute Gasteiger partial charge is 0.493 e. The quantitative estimate of drug-likeness (QED) is 0.196. The van der Waals surface area contributed by atoms with Crippen LogP contribution in [0.2, 0.25) is 0 Å². The zero-order valence-electron chi connectivity index (χ0n) is 25.3. The third-order valence-electron chi connectivity index (χ3n) is 7.21. The number of imidazole rings is 1. The van der Waals surface area contributed by atoms with Gasteiger partial charge in [-0.1, -0.05) is 18.2 Å². The number of methoxy groups -OCH3 is 1. The average molecular weight is 646 g/mol. The molecule has 0 aliphatic carbocycles. The molecule has 4 aromatic rings. The van der Waals surface area contributed by atoms with Gasteiger partial charge in [0, 0.05) is 30.8 Å². The normalized spacial score (nSPS) is 14.4. The third kappa shape index (κ3) is 7.88. The fourth-order valence-corrected chi connectivity index (χ4v) is 5.89. The van der Waals surface area contributed by atoms with Gasteiger partial charge in [0.2, 0.25) is 0 Å². The van der Waals surface area contributed by atoms with E-state index in [1.54, 1.807) is 11.0 Å². The second-order valence-electron chi connectivity index (χ2n) is 11.7. The van der Waals surface area contributed by atoms with Crippen LogP contribution in [0.3, 0.4) is 0 Å². The van der Waals surface area contributed by atoms with Crippen LogP contribution in [0.25, 0.3) is 21.7 Å². The molecule has 1 aliphatic rings. The summed E-state index contributed by atoms with van der Waals surface area (Å²) >= 11 is 1.06. The Morgan fingerprint density at radius 3 is 2.47 bits per heavy atom. The molecule has 240 valence electrons. The summed E-state index contributed by atoms with van der Waals surface area (Å²) in [7, 11) is 1.22. The van der Waals surface area contributed by atoms with E-state index in [0.29, 0.717) is 53.1 Å². The molecule has 1 fully saturated rings. The number of aromatic amines is 1. The van der Waals surface area contributed by atoms with Crippen LogP contribution in [-0.2, 0) is 22.3 Å². The Morgan fingerprint density at radius 2 is 1.78 bits per heavy atom. The summed E-state index contributed by atoms with van der Waals surface area (Å²) < 4.78 is 62.5. The van der Waals surface area contributed by atoms with Gasteiger partial charge in [-0.25, -0.2) is 14.6 Å². The number of rotatable bonds is 8. The number of fused-ring (bicyclic) bond motifs is 1. The molecule has 0 unspecified atom stereocenters. The fraction of sp³-hybridized carbons (Fsp3) is 0.406. The van der Waals surface area contributed by atoms with Crippen LogP contribution in [0.5, 0.6) is 11.5 Å². The molecule has 1 amide bonds. The van der Waals surface area contributed by atoms with Gasteiger partial charge in [-0.3, -0.25) is 0 Å². The molecule has 13 heteroatoms. The molecular weight excluding hydrogens is 611 g/mol. The van der Waals surface area contributed by atoms with Crippen molar-refractivity contribution in [3.8, 4) is 22.2 Å². The lowest BCUT2D eigenvalue weighted by atomic mass is 9.98. The number of hydrogen-bond donors (Lipinski definition) is 1. The van der Waals surface area contributed by atoms with E-state index in [2.05, 4.69) is 9.97 Å². The molecule has 1 N–H and O–H groups in total. The standard InChI is InChI=1S/C32H34F3N3O6S/c1-31(2,3)44-30(40)38-13-11-19(12-14-38)17-42-21-9-10-23-24(15-21)37-28(36-23)26-16-25(27(45-26)29(39)41-4)43-18-20-7-5-6-8-22(20)32(33,34)35/h5-10,15-16,19H,11-14,17-18H2,1-4H3,(H,36,37). The number of likely N-dealkylation sites (tertiary alicyclic amines) is 1. The first-order valence-electron chi connectivity index (χ1n) is 14.4. The summed E-state index contributed by atoms with van der Waals surface area (Å²) in [4.78, 5) is 35.1. The van der Waals surface area contributed by atoms with Gasteiger partial charge in [-0.15, -0.1) is 11.3 Å². The number of nitrogens with one attached hydrogen (secondary N) is 1. The predicted molar refractivity (Wildman–Crippen MR) is 163 cm³/mol. The molecule has 9 nitrogen and oxygen atoms in total. The van der Waals surface area contributed by atoms with E-state index in [1.165, 1.54) is 25.3 Å². The summed E-state index contributed by atoms with van der Waals surface area (Å²) in [6, 6.07) is 12.2. The zero-order valence-corrected chi connectivity index (χ0v) is 26.1. The number of esters is 1. The first-order chi connectivity index (χ1) is 21.3. The smallest absolute Gasteiger partial charge is 0.416 e. The highest BCUT2D eigenvalue weighted by molar-refractivity contribution is 7.17. The predicted octanol–water partition coefficient (Wildman–Crippen LogP) is 7.70. The molecule has 0 saturated carbocycles. The number of nitrogens with zero attached hydrogens (tertiary/aromatic N) is 2. The topological polar surface area (TPSA) is 103 Å². The Balaban J connectivity index is 1.25. The van der Waals surface area contributed by atoms with Crippen molar-refractivity contribution < 1.29 is 41.7 Å². The Kier molecular flexibility index (Phi) is 9.28. The number of thiophene rings is 1. The van der Waals surface area contributed by atoms with Crippen LogP contribution >= 0.6 is 11.3 Å². The summed E-state index contributed by atoms with van der Waals surface area (Å²) in [5, 5.41) is 0. The van der Waals surface area contributed by atoms with Crippen LogP contribution in [0, 0.1) is 5.92 Å². The highest BCUT2D eigenvalue weighted by Crippen LogP contribution is 2.38. The number of carbonyl (C=O) groups excluding carboxylic acids is 2. The molecule has 1 saturated heterocycles. The minimum Gasteiger partial charge on any atom is -0.493 e. The van der Waals surface area contributed by atoms with E-state index >= 15 is 0 Å². The third-order valence-corrected chi connectivity index (χ3v) is 8.32. The maximum Gasteiger partial charge on any atom is 0.416 e. The Labute approximate surface area is 262 Å². The SMILES string of the molecule is COC(=O)c1sc(-c2nc3ccc(OCC4CCN(C(=O)OC(C)(C)C)CC4)cc3[nH]2)cc1OCc1ccccc1C(F)(F)F. The molecule has 3 heterocycles. The van der Waals surface area contributed by atoms with Crippen LogP contribution in [0.1, 0.15) is 54.4 Å². The molecule has 0 radical (unpaired) electrons. The molecular formula is C32H34F3N3O6S. The lowest BCUT2D eigenvalue weighted by Gasteiger charge is -2.33. The molecule has 2 aromatic heterocycles. The Morgan fingerprint density at radius 1 is 1.04 bits per heavy atom. The van der Waals surface area contributed by atoms with Crippen LogP contribution in [-0.4, -0.2) is 59.3 Å². The fourth-order valence-electron chi connectivity index (χ4n) is 4.93. The van der Waals surface area contributed by atoms with Gasteiger partial charge < -0.3 is 28.8 Å². The number of benzene rings is 2. The minimum atomic E-state index is -4.54. The lowest BCUT2D eigenvalue weighted by molar-refractivity contribution is -0.138. The van der Waals surface area contributed by atoms with Gasteiger partial charge in [0.1, 0.15) is 29.5 Å². The van der Waals surface area contributed by atoms with Crippen LogP contribution in [0.15, 0.2) is 48.5 Å². The number of amides is 1. The van der Waals surface area contributed by atoms with Gasteiger partial charge in [0.25, 0.3) is 0 Å². The van der Waals surface area contributed by atoms with Gasteiger partial charge in [0.15, 0.2) is 4.88 Å². The average Bonchev–Trinajstić information content (AvgIpc) is 3.62. The molecule has 5 rings (SSSR count). The molecule has 0 bridgehead atoms. The highest BCUT2D eigenvalue weighted by atomic mass is 32.1. The van der Waals surface area contributed by atoms with E-state index in [0.717, 1.165) is 30.2 Å². The highest BCUT2D eigenvalue weighted by Gasteiger charge is 2.33. The number of alkyl halides is 3. The number of piperidine rings is 1. The number of halogens is 3. The molecule has 1 aliphatic heterocycles. The maximum absolute atomic E-state index is 13.5. The van der Waals surface area contributed by atoms with Gasteiger partial charge in [-0.05, 0) is 57.7 Å². The summed E-state index contributed by atoms with van der Waals surface area (Å²) in [6.07, 6.45) is -3.22. The maximum atomic E-state index is 13.5. The first-order valence-corrected chi connectivity index (χ1v) is 15.2. The van der Waals surface area contributed by atoms with Crippen molar-refractivity contribution in [1.29, 1.82) is 0 Å². The molecule has 2 aromatic carbocycles. The van der Waals surface area contributed by atoms with Crippen molar-refractivity contribution in [2.24, 2.45) is 5.92 Å². The van der Waals surface area contributed by atoms with Gasteiger partial charge >= 0.3 is 18.2 Å². The molecule has 45 heavy (non-hydrogen) atoms. The number of carbonyl (C=O) groups is 2. The summed E-state index contributed by atoms with van der Waals surface area (Å²) in [5.41, 5.74) is -0.0210. The van der Waals surface area contributed by atoms with E-state index in [9.17, 15) is 22.8 Å². The lowest BCUT2D eigenvalue weighted by Crippen LogP contribution is -2.42. The second kappa shape index (κ2) is 13.0. The number of H-pyrrole nitrogens is 1. The number of ether oxygens (including phenoxy) is 4. The monoisotopic (exact) mass is 645 g/mol. The zero-order chi connectivity index (χ0) is 32.4. The minimum absolute atomic E-state index is 0.0570. The summed E-state index contributed by atoms with van der Waals surface area (Å²) in [6.45, 7) is 6.88. The summed E-state index contributed by atoms with van der Waals surface area (Å²) in [5.74, 6) is 0.828. The van der Waals surface area contributed by atoms with Gasteiger partial charge in [0.05, 0.1) is 35.2 Å². The van der Waals surface area contributed by atoms with Crippen molar-refractivity contribution in [1.82, 2.24) is 14.9 Å².